The maximum atomic E-state index is 10.8. The fourth-order valence-electron chi connectivity index (χ4n) is 3.19. The minimum absolute atomic E-state index is 0.314. The van der Waals surface area contributed by atoms with Gasteiger partial charge in [-0.25, -0.2) is 0 Å². The smallest absolute Gasteiger partial charge is 0.106 e. The third-order valence-corrected chi connectivity index (χ3v) is 4.29. The summed E-state index contributed by atoms with van der Waals surface area (Å²) in [6, 6.07) is 7.97. The van der Waals surface area contributed by atoms with E-state index in [9.17, 15) is 5.11 Å². The quantitative estimate of drug-likeness (QED) is 0.811. The molecule has 1 aromatic carbocycles. The molecule has 2 unspecified atom stereocenters. The van der Waals surface area contributed by atoms with Gasteiger partial charge in [0.15, 0.2) is 0 Å². The summed E-state index contributed by atoms with van der Waals surface area (Å²) >= 11 is 5.88. The Morgan fingerprint density at radius 3 is 2.75 bits per heavy atom. The molecule has 0 spiro atoms. The molecule has 0 saturated carbocycles. The molecule has 2 aliphatic rings. The van der Waals surface area contributed by atoms with E-state index in [0.29, 0.717) is 6.04 Å². The third kappa shape index (κ3) is 1.48. The molecule has 2 aliphatic heterocycles. The predicted molar refractivity (Wildman–Crippen MR) is 64.6 cm³/mol. The van der Waals surface area contributed by atoms with Crippen molar-refractivity contribution in [2.24, 2.45) is 0 Å². The molecule has 1 N–H and O–H groups in total. The van der Waals surface area contributed by atoms with Crippen molar-refractivity contribution in [3.8, 4) is 0 Å². The van der Waals surface area contributed by atoms with Crippen LogP contribution >= 0.6 is 11.6 Å². The van der Waals surface area contributed by atoms with Crippen molar-refractivity contribution >= 4 is 11.6 Å². The lowest BCUT2D eigenvalue weighted by molar-refractivity contribution is 0.00939. The molecule has 0 aliphatic carbocycles. The highest BCUT2D eigenvalue weighted by atomic mass is 35.5. The lowest BCUT2D eigenvalue weighted by Gasteiger charge is -2.30. The molecule has 2 nitrogen and oxygen atoms in total. The van der Waals surface area contributed by atoms with E-state index in [-0.39, 0.29) is 0 Å². The number of hydrogen-bond acceptors (Lipinski definition) is 2. The van der Waals surface area contributed by atoms with Gasteiger partial charge >= 0.3 is 0 Å². The first-order valence-corrected chi connectivity index (χ1v) is 6.30. The number of benzene rings is 1. The number of halogens is 1. The van der Waals surface area contributed by atoms with Gasteiger partial charge in [-0.1, -0.05) is 23.7 Å². The molecular weight excluding hydrogens is 222 g/mol. The summed E-state index contributed by atoms with van der Waals surface area (Å²) in [5.74, 6) is 0. The molecule has 86 valence electrons. The second-order valence-electron chi connectivity index (χ2n) is 4.88. The number of nitrogens with zero attached hydrogens (tertiary/aromatic N) is 1. The van der Waals surface area contributed by atoms with Crippen LogP contribution in [-0.4, -0.2) is 29.1 Å². The molecule has 0 radical (unpaired) electrons. The Balaban J connectivity index is 1.95. The highest BCUT2D eigenvalue weighted by Crippen LogP contribution is 2.42. The topological polar surface area (TPSA) is 23.5 Å². The minimum atomic E-state index is -0.652. The zero-order valence-electron chi connectivity index (χ0n) is 9.19. The average molecular weight is 238 g/mol. The van der Waals surface area contributed by atoms with Gasteiger partial charge in [0.25, 0.3) is 0 Å². The highest BCUT2D eigenvalue weighted by molar-refractivity contribution is 6.30. The summed E-state index contributed by atoms with van der Waals surface area (Å²) in [5.41, 5.74) is 0.368. The predicted octanol–water partition coefficient (Wildman–Crippen LogP) is 2.40. The number of rotatable bonds is 1. The van der Waals surface area contributed by atoms with Gasteiger partial charge in [-0.3, -0.25) is 4.90 Å². The van der Waals surface area contributed by atoms with Gasteiger partial charge in [-0.2, -0.15) is 0 Å². The molecule has 2 heterocycles. The maximum absolute atomic E-state index is 10.8. The van der Waals surface area contributed by atoms with Crippen LogP contribution in [0.1, 0.15) is 24.8 Å². The normalized spacial score (nSPS) is 34.2. The zero-order chi connectivity index (χ0) is 11.2. The van der Waals surface area contributed by atoms with E-state index in [1.807, 2.05) is 24.3 Å². The molecule has 2 atom stereocenters. The summed E-state index contributed by atoms with van der Waals surface area (Å²) < 4.78 is 0. The van der Waals surface area contributed by atoms with Crippen molar-refractivity contribution in [1.29, 1.82) is 0 Å². The van der Waals surface area contributed by atoms with Crippen LogP contribution in [0.25, 0.3) is 0 Å². The summed E-state index contributed by atoms with van der Waals surface area (Å²) in [6.45, 7) is 2.16. The second kappa shape index (κ2) is 3.73. The number of fused-ring (bicyclic) bond motifs is 1. The Bertz CT molecular complexity index is 391. The molecule has 2 fully saturated rings. The highest BCUT2D eigenvalue weighted by Gasteiger charge is 2.48. The van der Waals surface area contributed by atoms with E-state index in [1.165, 1.54) is 6.42 Å². The minimum Gasteiger partial charge on any atom is -0.383 e. The van der Waals surface area contributed by atoms with E-state index < -0.39 is 5.60 Å². The van der Waals surface area contributed by atoms with Gasteiger partial charge in [0, 0.05) is 17.6 Å². The van der Waals surface area contributed by atoms with E-state index in [2.05, 4.69) is 4.90 Å². The molecule has 0 bridgehead atoms. The largest absolute Gasteiger partial charge is 0.383 e. The Morgan fingerprint density at radius 2 is 2.00 bits per heavy atom. The maximum Gasteiger partial charge on any atom is 0.106 e. The van der Waals surface area contributed by atoms with Gasteiger partial charge < -0.3 is 5.11 Å². The monoisotopic (exact) mass is 237 g/mol. The first kappa shape index (κ1) is 10.6. The average Bonchev–Trinajstić information content (AvgIpc) is 2.85. The van der Waals surface area contributed by atoms with E-state index in [1.54, 1.807) is 0 Å². The van der Waals surface area contributed by atoms with Crippen LogP contribution in [0.3, 0.4) is 0 Å². The Kier molecular flexibility index (Phi) is 2.46. The zero-order valence-corrected chi connectivity index (χ0v) is 9.95. The fourth-order valence-corrected chi connectivity index (χ4v) is 3.32. The molecule has 3 rings (SSSR count). The molecule has 0 amide bonds. The molecule has 16 heavy (non-hydrogen) atoms. The van der Waals surface area contributed by atoms with Crippen LogP contribution in [0, 0.1) is 0 Å². The lowest BCUT2D eigenvalue weighted by Crippen LogP contribution is -2.38. The van der Waals surface area contributed by atoms with Crippen molar-refractivity contribution < 1.29 is 5.11 Å². The second-order valence-corrected chi connectivity index (χ2v) is 5.31. The van der Waals surface area contributed by atoms with Gasteiger partial charge in [0.2, 0.25) is 0 Å². The molecule has 1 aromatic rings. The van der Waals surface area contributed by atoms with Crippen molar-refractivity contribution in [1.82, 2.24) is 4.90 Å². The summed E-state index contributed by atoms with van der Waals surface area (Å²) in [5, 5.41) is 11.6. The molecule has 2 saturated heterocycles. The van der Waals surface area contributed by atoms with Crippen molar-refractivity contribution in [2.75, 3.05) is 13.1 Å². The van der Waals surface area contributed by atoms with Crippen molar-refractivity contribution in [3.63, 3.8) is 0 Å². The summed E-state index contributed by atoms with van der Waals surface area (Å²) in [4.78, 5) is 2.41. The van der Waals surface area contributed by atoms with Gasteiger partial charge in [-0.15, -0.1) is 0 Å². The van der Waals surface area contributed by atoms with E-state index >= 15 is 0 Å². The Hall–Kier alpha value is -0.570. The first-order valence-electron chi connectivity index (χ1n) is 5.93. The SMILES string of the molecule is OC1(c2ccc(Cl)cc2)CCN2CCCC21. The van der Waals surface area contributed by atoms with E-state index in [4.69, 9.17) is 11.6 Å². The molecule has 3 heteroatoms. The van der Waals surface area contributed by atoms with Crippen LogP contribution in [0.5, 0.6) is 0 Å². The van der Waals surface area contributed by atoms with Gasteiger partial charge in [0.05, 0.1) is 0 Å². The van der Waals surface area contributed by atoms with Crippen LogP contribution in [0.4, 0.5) is 0 Å². The molecule has 0 aromatic heterocycles. The standard InChI is InChI=1S/C13H16ClNO/c14-11-5-3-10(4-6-11)13(16)7-9-15-8-1-2-12(13)15/h3-6,12,16H,1-2,7-9H2. The number of aliphatic hydroxyl groups is 1. The third-order valence-electron chi connectivity index (χ3n) is 4.04. The van der Waals surface area contributed by atoms with Gasteiger partial charge in [-0.05, 0) is 43.5 Å². The van der Waals surface area contributed by atoms with Crippen LogP contribution < -0.4 is 0 Å². The molecular formula is C13H16ClNO. The summed E-state index contributed by atoms with van der Waals surface area (Å²) in [6.07, 6.45) is 3.17. The first-order chi connectivity index (χ1) is 7.70. The van der Waals surface area contributed by atoms with Crippen molar-refractivity contribution in [3.05, 3.63) is 34.9 Å². The fraction of sp³-hybridized carbons (Fsp3) is 0.538. The lowest BCUT2D eigenvalue weighted by atomic mass is 9.85. The van der Waals surface area contributed by atoms with Crippen LogP contribution in [0.2, 0.25) is 5.02 Å². The summed E-state index contributed by atoms with van der Waals surface area (Å²) in [7, 11) is 0. The van der Waals surface area contributed by atoms with Crippen LogP contribution in [-0.2, 0) is 5.60 Å². The number of hydrogen-bond donors (Lipinski definition) is 1. The Labute approximate surface area is 101 Å². The van der Waals surface area contributed by atoms with Crippen LogP contribution in [0.15, 0.2) is 24.3 Å². The van der Waals surface area contributed by atoms with Gasteiger partial charge in [0.1, 0.15) is 5.60 Å². The van der Waals surface area contributed by atoms with Crippen molar-refractivity contribution in [2.45, 2.75) is 30.9 Å². The Morgan fingerprint density at radius 1 is 1.25 bits per heavy atom. The van der Waals surface area contributed by atoms with E-state index in [0.717, 1.165) is 36.5 Å².